The van der Waals surface area contributed by atoms with Crippen molar-refractivity contribution in [3.63, 3.8) is 0 Å². The van der Waals surface area contributed by atoms with Crippen LogP contribution in [0.15, 0.2) is 18.2 Å². The Bertz CT molecular complexity index is 399. The van der Waals surface area contributed by atoms with Gasteiger partial charge in [0.25, 0.3) is 5.91 Å². The smallest absolute Gasteiger partial charge is 0.251 e. The summed E-state index contributed by atoms with van der Waals surface area (Å²) in [4.78, 5) is 12.0. The molecule has 1 amide bonds. The maximum Gasteiger partial charge on any atom is 0.251 e. The van der Waals surface area contributed by atoms with Gasteiger partial charge in [-0.25, -0.2) is 0 Å². The van der Waals surface area contributed by atoms with Crippen molar-refractivity contribution < 1.29 is 4.79 Å². The number of carbonyl (C=O) groups excluding carboxylic acids is 1. The van der Waals surface area contributed by atoms with Gasteiger partial charge in [0.1, 0.15) is 0 Å². The number of benzene rings is 1. The Balaban J connectivity index is 0.00000289. The van der Waals surface area contributed by atoms with E-state index in [9.17, 15) is 4.79 Å². The van der Waals surface area contributed by atoms with Crippen molar-refractivity contribution >= 4 is 40.9 Å². The molecule has 0 aliphatic heterocycles. The lowest BCUT2D eigenvalue weighted by molar-refractivity contribution is 0.0949. The van der Waals surface area contributed by atoms with E-state index < -0.39 is 0 Å². The number of nitrogens with one attached hydrogen (secondary N) is 2. The normalized spacial score (nSPS) is 11.6. The lowest BCUT2D eigenvalue weighted by atomic mass is 10.1. The van der Waals surface area contributed by atoms with Crippen LogP contribution >= 0.6 is 35.0 Å². The van der Waals surface area contributed by atoms with Crippen LogP contribution in [0.4, 0.5) is 0 Å². The summed E-state index contributed by atoms with van der Waals surface area (Å²) in [6.45, 7) is 7.66. The van der Waals surface area contributed by atoms with Crippen molar-refractivity contribution in [1.29, 1.82) is 0 Å². The van der Waals surface area contributed by atoms with E-state index >= 15 is 0 Å². The molecule has 2 N–H and O–H groups in total. The number of likely N-dealkylation sites (N-methyl/N-ethyl adjacent to an activating group) is 1. The molecule has 0 aliphatic rings. The van der Waals surface area contributed by atoms with E-state index in [4.69, 9.17) is 0 Å². The van der Waals surface area contributed by atoms with Crippen LogP contribution in [-0.2, 0) is 0 Å². The number of hydrogen-bond donors (Lipinski definition) is 2. The van der Waals surface area contributed by atoms with Gasteiger partial charge in [-0.2, -0.15) is 0 Å². The lowest BCUT2D eigenvalue weighted by Gasteiger charge is -2.14. The minimum Gasteiger partial charge on any atom is -0.350 e. The third-order valence-electron chi connectivity index (χ3n) is 2.63. The molecule has 0 bridgehead atoms. The molecule has 0 unspecified atom stereocenters. The number of carbonyl (C=O) groups is 1. The highest BCUT2D eigenvalue weighted by Gasteiger charge is 2.11. The van der Waals surface area contributed by atoms with Gasteiger partial charge in [-0.1, -0.05) is 13.0 Å². The minimum atomic E-state index is 0. The molecule has 0 aromatic heterocycles. The average Bonchev–Trinajstić information content (AvgIpc) is 2.30. The molecule has 18 heavy (non-hydrogen) atoms. The fourth-order valence-electron chi connectivity index (χ4n) is 1.62. The Kier molecular flexibility index (Phi) is 8.56. The van der Waals surface area contributed by atoms with Gasteiger partial charge in [0.2, 0.25) is 0 Å². The minimum absolute atomic E-state index is 0. The SMILES string of the molecule is CCN[C@H](C)CNC(=O)c1cccc(I)c1C.Cl. The largest absolute Gasteiger partial charge is 0.350 e. The van der Waals surface area contributed by atoms with E-state index in [1.165, 1.54) is 0 Å². The van der Waals surface area contributed by atoms with E-state index in [0.29, 0.717) is 12.6 Å². The molecule has 3 nitrogen and oxygen atoms in total. The predicted molar refractivity (Wildman–Crippen MR) is 86.6 cm³/mol. The molecule has 0 spiro atoms. The maximum absolute atomic E-state index is 12.0. The molecular formula is C13H20ClIN2O. The average molecular weight is 383 g/mol. The molecular weight excluding hydrogens is 363 g/mol. The molecule has 0 saturated heterocycles. The van der Waals surface area contributed by atoms with Crippen molar-refractivity contribution in [2.75, 3.05) is 13.1 Å². The molecule has 0 saturated carbocycles. The summed E-state index contributed by atoms with van der Waals surface area (Å²) in [5.74, 6) is 0.00534. The fourth-order valence-corrected chi connectivity index (χ4v) is 2.11. The zero-order chi connectivity index (χ0) is 12.8. The summed E-state index contributed by atoms with van der Waals surface area (Å²) >= 11 is 2.25. The Morgan fingerprint density at radius 3 is 2.72 bits per heavy atom. The molecule has 1 rings (SSSR count). The van der Waals surface area contributed by atoms with Crippen molar-refractivity contribution in [3.05, 3.63) is 32.9 Å². The van der Waals surface area contributed by atoms with Gasteiger partial charge in [0, 0.05) is 21.7 Å². The summed E-state index contributed by atoms with van der Waals surface area (Å²) in [6, 6.07) is 6.09. The molecule has 5 heteroatoms. The van der Waals surface area contributed by atoms with Gasteiger partial charge in [0.15, 0.2) is 0 Å². The molecule has 1 aromatic rings. The monoisotopic (exact) mass is 382 g/mol. The van der Waals surface area contributed by atoms with Crippen LogP contribution in [0.2, 0.25) is 0 Å². The third-order valence-corrected chi connectivity index (χ3v) is 3.80. The fraction of sp³-hybridized carbons (Fsp3) is 0.462. The van der Waals surface area contributed by atoms with Gasteiger partial charge in [0.05, 0.1) is 0 Å². The summed E-state index contributed by atoms with van der Waals surface area (Å²) in [5, 5.41) is 6.21. The molecule has 102 valence electrons. The van der Waals surface area contributed by atoms with Crippen LogP contribution in [0, 0.1) is 10.5 Å². The van der Waals surface area contributed by atoms with Gasteiger partial charge in [-0.15, -0.1) is 12.4 Å². The number of halogens is 2. The highest BCUT2D eigenvalue weighted by Crippen LogP contribution is 2.15. The molecule has 0 aliphatic carbocycles. The summed E-state index contributed by atoms with van der Waals surface area (Å²) in [6.07, 6.45) is 0. The number of hydrogen-bond acceptors (Lipinski definition) is 2. The van der Waals surface area contributed by atoms with Crippen molar-refractivity contribution in [2.45, 2.75) is 26.8 Å². The zero-order valence-corrected chi connectivity index (χ0v) is 13.9. The topological polar surface area (TPSA) is 41.1 Å². The second-order valence-electron chi connectivity index (χ2n) is 4.08. The Labute approximate surface area is 129 Å². The van der Waals surface area contributed by atoms with E-state index in [1.807, 2.05) is 25.1 Å². The van der Waals surface area contributed by atoms with Crippen molar-refractivity contribution in [2.24, 2.45) is 0 Å². The Morgan fingerprint density at radius 1 is 1.44 bits per heavy atom. The lowest BCUT2D eigenvalue weighted by Crippen LogP contribution is -2.39. The highest BCUT2D eigenvalue weighted by atomic mass is 127. The van der Waals surface area contributed by atoms with E-state index in [0.717, 1.165) is 21.2 Å². The highest BCUT2D eigenvalue weighted by molar-refractivity contribution is 14.1. The summed E-state index contributed by atoms with van der Waals surface area (Å²) < 4.78 is 1.12. The van der Waals surface area contributed by atoms with Crippen LogP contribution in [0.1, 0.15) is 29.8 Å². The standard InChI is InChI=1S/C13H19IN2O.ClH/c1-4-15-9(2)8-16-13(17)11-6-5-7-12(14)10(11)3;/h5-7,9,15H,4,8H2,1-3H3,(H,16,17);1H/t9-;/m1./s1. The summed E-state index contributed by atoms with van der Waals surface area (Å²) in [5.41, 5.74) is 1.81. The third kappa shape index (κ3) is 5.12. The van der Waals surface area contributed by atoms with E-state index in [1.54, 1.807) is 0 Å². The first-order valence-corrected chi connectivity index (χ1v) is 6.90. The van der Waals surface area contributed by atoms with Crippen LogP contribution < -0.4 is 10.6 Å². The van der Waals surface area contributed by atoms with Crippen molar-refractivity contribution in [1.82, 2.24) is 10.6 Å². The molecule has 1 aromatic carbocycles. The summed E-state index contributed by atoms with van der Waals surface area (Å²) in [7, 11) is 0. The molecule has 0 heterocycles. The zero-order valence-electron chi connectivity index (χ0n) is 10.9. The van der Waals surface area contributed by atoms with Gasteiger partial charge in [-0.05, 0) is 60.7 Å². The molecule has 0 radical (unpaired) electrons. The van der Waals surface area contributed by atoms with Gasteiger partial charge < -0.3 is 10.6 Å². The van der Waals surface area contributed by atoms with Crippen LogP contribution in [-0.4, -0.2) is 25.0 Å². The van der Waals surface area contributed by atoms with Crippen LogP contribution in [0.3, 0.4) is 0 Å². The van der Waals surface area contributed by atoms with Crippen LogP contribution in [0.25, 0.3) is 0 Å². The van der Waals surface area contributed by atoms with Crippen molar-refractivity contribution in [3.8, 4) is 0 Å². The molecule has 0 fully saturated rings. The first kappa shape index (κ1) is 17.7. The maximum atomic E-state index is 12.0. The van der Waals surface area contributed by atoms with E-state index in [-0.39, 0.29) is 18.3 Å². The van der Waals surface area contributed by atoms with Gasteiger partial charge in [-0.3, -0.25) is 4.79 Å². The number of amides is 1. The quantitative estimate of drug-likeness (QED) is 0.769. The second-order valence-corrected chi connectivity index (χ2v) is 5.24. The Hall–Kier alpha value is -0.330. The first-order valence-electron chi connectivity index (χ1n) is 5.83. The predicted octanol–water partition coefficient (Wildman–Crippen LogP) is 2.75. The van der Waals surface area contributed by atoms with Gasteiger partial charge >= 0.3 is 0 Å². The molecule has 1 atom stereocenters. The Morgan fingerprint density at radius 2 is 2.11 bits per heavy atom. The number of rotatable bonds is 5. The first-order chi connectivity index (χ1) is 8.06. The van der Waals surface area contributed by atoms with E-state index in [2.05, 4.69) is 47.1 Å². The second kappa shape index (κ2) is 8.72. The van der Waals surface area contributed by atoms with Crippen LogP contribution in [0.5, 0.6) is 0 Å².